The highest BCUT2D eigenvalue weighted by Gasteiger charge is 2.23. The van der Waals surface area contributed by atoms with Gasteiger partial charge in [-0.15, -0.1) is 0 Å². The lowest BCUT2D eigenvalue weighted by molar-refractivity contribution is -0.129. The van der Waals surface area contributed by atoms with E-state index in [-0.39, 0.29) is 5.91 Å². The number of fused-ring (bicyclic) bond motifs is 1. The number of amides is 1. The van der Waals surface area contributed by atoms with Crippen LogP contribution in [0.15, 0.2) is 59.2 Å². The van der Waals surface area contributed by atoms with Gasteiger partial charge < -0.3 is 14.2 Å². The van der Waals surface area contributed by atoms with Crippen molar-refractivity contribution in [1.82, 2.24) is 19.5 Å². The smallest absolute Gasteiger partial charge is 0.219 e. The first-order chi connectivity index (χ1) is 14.6. The van der Waals surface area contributed by atoms with Crippen LogP contribution in [0.25, 0.3) is 28.4 Å². The Balaban J connectivity index is 1.61. The van der Waals surface area contributed by atoms with Gasteiger partial charge in [0.15, 0.2) is 11.4 Å². The van der Waals surface area contributed by atoms with Crippen LogP contribution in [0, 0.1) is 0 Å². The van der Waals surface area contributed by atoms with Crippen LogP contribution in [0.4, 0.5) is 5.82 Å². The van der Waals surface area contributed by atoms with Gasteiger partial charge in [0, 0.05) is 55.8 Å². The van der Waals surface area contributed by atoms with E-state index < -0.39 is 0 Å². The van der Waals surface area contributed by atoms with E-state index in [1.807, 2.05) is 57.9 Å². The lowest BCUT2D eigenvalue weighted by Crippen LogP contribution is -2.48. The second kappa shape index (κ2) is 7.50. The number of aromatic nitrogens is 3. The number of carbonyl (C=O) groups is 1. The van der Waals surface area contributed by atoms with Crippen molar-refractivity contribution in [3.63, 3.8) is 0 Å². The average Bonchev–Trinajstić information content (AvgIpc) is 3.43. The van der Waals surface area contributed by atoms with E-state index in [2.05, 4.69) is 4.90 Å². The Morgan fingerprint density at radius 2 is 1.87 bits per heavy atom. The van der Waals surface area contributed by atoms with E-state index in [1.54, 1.807) is 13.2 Å². The Bertz CT molecular complexity index is 1210. The molecule has 1 aliphatic heterocycles. The Morgan fingerprint density at radius 1 is 1.03 bits per heavy atom. The third-order valence-corrected chi connectivity index (χ3v) is 5.59. The summed E-state index contributed by atoms with van der Waals surface area (Å²) in [6.07, 6.45) is 1.64. The number of anilines is 1. The van der Waals surface area contributed by atoms with Crippen molar-refractivity contribution in [3.8, 4) is 22.7 Å². The Hall–Kier alpha value is -3.32. The van der Waals surface area contributed by atoms with E-state index in [9.17, 15) is 4.79 Å². The number of carbonyl (C=O) groups excluding carboxylic acids is 1. The van der Waals surface area contributed by atoms with Gasteiger partial charge in [0.2, 0.25) is 5.91 Å². The molecular weight excluding hydrogens is 402 g/mol. The lowest BCUT2D eigenvalue weighted by atomic mass is 10.1. The molecular formula is C22H20ClN5O2. The molecule has 0 aliphatic carbocycles. The van der Waals surface area contributed by atoms with Crippen molar-refractivity contribution in [2.75, 3.05) is 31.1 Å². The van der Waals surface area contributed by atoms with Gasteiger partial charge in [-0.3, -0.25) is 4.79 Å². The minimum Gasteiger partial charge on any atom is -0.463 e. The third kappa shape index (κ3) is 3.41. The fraction of sp³-hybridized carbons (Fsp3) is 0.227. The van der Waals surface area contributed by atoms with Gasteiger partial charge in [-0.1, -0.05) is 23.7 Å². The molecule has 7 nitrogen and oxygen atoms in total. The van der Waals surface area contributed by atoms with Crippen molar-refractivity contribution in [3.05, 3.63) is 59.8 Å². The summed E-state index contributed by atoms with van der Waals surface area (Å²) in [5.74, 6) is 1.72. The van der Waals surface area contributed by atoms with Crippen LogP contribution in [-0.2, 0) is 4.79 Å². The number of halogens is 1. The molecule has 1 amide bonds. The van der Waals surface area contributed by atoms with Crippen molar-refractivity contribution in [2.24, 2.45) is 0 Å². The molecule has 1 fully saturated rings. The molecule has 0 bridgehead atoms. The predicted octanol–water partition coefficient (Wildman–Crippen LogP) is 3.98. The molecule has 152 valence electrons. The van der Waals surface area contributed by atoms with Crippen molar-refractivity contribution >= 4 is 29.0 Å². The van der Waals surface area contributed by atoms with E-state index in [0.29, 0.717) is 23.9 Å². The second-order valence-electron chi connectivity index (χ2n) is 7.28. The number of hydrogen-bond donors (Lipinski definition) is 0. The molecule has 0 N–H and O–H groups in total. The molecule has 4 aromatic rings. The molecule has 4 heterocycles. The number of benzene rings is 1. The van der Waals surface area contributed by atoms with Gasteiger partial charge in [-0.25, -0.2) is 4.98 Å². The minimum absolute atomic E-state index is 0.105. The van der Waals surface area contributed by atoms with Gasteiger partial charge in [0.05, 0.1) is 12.0 Å². The van der Waals surface area contributed by atoms with E-state index >= 15 is 0 Å². The zero-order chi connectivity index (χ0) is 20.7. The molecule has 3 aromatic heterocycles. The summed E-state index contributed by atoms with van der Waals surface area (Å²) in [5.41, 5.74) is 3.20. The summed E-state index contributed by atoms with van der Waals surface area (Å²) in [7, 11) is 0. The summed E-state index contributed by atoms with van der Waals surface area (Å²) in [4.78, 5) is 20.6. The first-order valence-electron chi connectivity index (χ1n) is 9.79. The normalized spacial score (nSPS) is 14.5. The van der Waals surface area contributed by atoms with Crippen LogP contribution in [0.1, 0.15) is 6.92 Å². The van der Waals surface area contributed by atoms with Crippen molar-refractivity contribution in [1.29, 1.82) is 0 Å². The first kappa shape index (κ1) is 18.7. The molecule has 0 saturated carbocycles. The maximum Gasteiger partial charge on any atom is 0.219 e. The van der Waals surface area contributed by atoms with Gasteiger partial charge in [0.25, 0.3) is 0 Å². The molecule has 0 atom stereocenters. The van der Waals surface area contributed by atoms with Gasteiger partial charge in [-0.2, -0.15) is 9.61 Å². The molecule has 0 spiro atoms. The molecule has 1 saturated heterocycles. The van der Waals surface area contributed by atoms with Crippen LogP contribution >= 0.6 is 11.6 Å². The Morgan fingerprint density at radius 3 is 2.57 bits per heavy atom. The minimum atomic E-state index is 0.105. The Labute approximate surface area is 178 Å². The fourth-order valence-corrected chi connectivity index (χ4v) is 3.96. The van der Waals surface area contributed by atoms with Gasteiger partial charge in [0.1, 0.15) is 11.5 Å². The van der Waals surface area contributed by atoms with E-state index in [0.717, 1.165) is 41.5 Å². The van der Waals surface area contributed by atoms with E-state index in [1.165, 1.54) is 0 Å². The summed E-state index contributed by atoms with van der Waals surface area (Å²) < 4.78 is 7.44. The molecule has 8 heteroatoms. The molecule has 5 rings (SSSR count). The molecule has 0 radical (unpaired) electrons. The number of hydrogen-bond acceptors (Lipinski definition) is 5. The van der Waals surface area contributed by atoms with Gasteiger partial charge in [-0.05, 0) is 24.3 Å². The predicted molar refractivity (Wildman–Crippen MR) is 116 cm³/mol. The van der Waals surface area contributed by atoms with E-state index in [4.69, 9.17) is 26.1 Å². The van der Waals surface area contributed by atoms with Crippen LogP contribution in [0.3, 0.4) is 0 Å². The summed E-state index contributed by atoms with van der Waals surface area (Å²) in [5, 5.41) is 5.48. The van der Waals surface area contributed by atoms with Gasteiger partial charge >= 0.3 is 0 Å². The number of nitrogens with zero attached hydrogens (tertiary/aromatic N) is 5. The topological polar surface area (TPSA) is 66.9 Å². The fourth-order valence-electron chi connectivity index (χ4n) is 3.77. The first-order valence-corrected chi connectivity index (χ1v) is 10.2. The second-order valence-corrected chi connectivity index (χ2v) is 7.72. The molecule has 1 aliphatic rings. The maximum atomic E-state index is 11.7. The molecule has 30 heavy (non-hydrogen) atoms. The van der Waals surface area contributed by atoms with Crippen LogP contribution in [0.2, 0.25) is 5.02 Å². The standard InChI is InChI=1S/C22H20ClN5O2/c1-15(29)26-7-9-27(10-8-26)22-14-19(20-6-3-11-30-20)24-21-13-18(25-28(21)22)16-4-2-5-17(23)12-16/h2-6,11-14H,7-10H2,1H3. The van der Waals surface area contributed by atoms with Crippen LogP contribution in [0.5, 0.6) is 0 Å². The number of piperazine rings is 1. The third-order valence-electron chi connectivity index (χ3n) is 5.35. The summed E-state index contributed by atoms with van der Waals surface area (Å²) >= 11 is 6.18. The highest BCUT2D eigenvalue weighted by molar-refractivity contribution is 6.30. The summed E-state index contributed by atoms with van der Waals surface area (Å²) in [6, 6.07) is 15.3. The van der Waals surface area contributed by atoms with Crippen molar-refractivity contribution in [2.45, 2.75) is 6.92 Å². The summed E-state index contributed by atoms with van der Waals surface area (Å²) in [6.45, 7) is 4.42. The maximum absolute atomic E-state index is 11.7. The van der Waals surface area contributed by atoms with Crippen molar-refractivity contribution < 1.29 is 9.21 Å². The SMILES string of the molecule is CC(=O)N1CCN(c2cc(-c3ccco3)nc3cc(-c4cccc(Cl)c4)nn23)CC1. The average molecular weight is 422 g/mol. The quantitative estimate of drug-likeness (QED) is 0.500. The lowest BCUT2D eigenvalue weighted by Gasteiger charge is -2.35. The highest BCUT2D eigenvalue weighted by Crippen LogP contribution is 2.29. The molecule has 1 aromatic carbocycles. The monoisotopic (exact) mass is 421 g/mol. The number of furan rings is 1. The zero-order valence-corrected chi connectivity index (χ0v) is 17.2. The zero-order valence-electron chi connectivity index (χ0n) is 16.5. The van der Waals surface area contributed by atoms with Crippen LogP contribution < -0.4 is 4.90 Å². The number of rotatable bonds is 3. The largest absolute Gasteiger partial charge is 0.463 e. The highest BCUT2D eigenvalue weighted by atomic mass is 35.5. The van der Waals surface area contributed by atoms with Crippen LogP contribution in [-0.4, -0.2) is 51.6 Å². The Kier molecular flexibility index (Phi) is 4.67. The molecule has 0 unspecified atom stereocenters.